The third-order valence-corrected chi connectivity index (χ3v) is 4.42. The van der Waals surface area contributed by atoms with Gasteiger partial charge in [-0.15, -0.1) is 0 Å². The maximum absolute atomic E-state index is 11.5. The van der Waals surface area contributed by atoms with Crippen LogP contribution in [0.25, 0.3) is 0 Å². The van der Waals surface area contributed by atoms with Gasteiger partial charge < -0.3 is 5.32 Å². The second-order valence-electron chi connectivity index (χ2n) is 4.79. The number of amides is 1. The van der Waals surface area contributed by atoms with Crippen molar-refractivity contribution in [1.82, 2.24) is 5.32 Å². The van der Waals surface area contributed by atoms with Crippen LogP contribution in [0.3, 0.4) is 0 Å². The SMILES string of the molecule is CC(C(=O)NCC(C)(C)CCBr)S(C)(=O)=O. The Hall–Kier alpha value is -0.100. The highest BCUT2D eigenvalue weighted by atomic mass is 79.9. The molecule has 0 rings (SSSR count). The van der Waals surface area contributed by atoms with Gasteiger partial charge in [0.1, 0.15) is 5.25 Å². The van der Waals surface area contributed by atoms with E-state index in [-0.39, 0.29) is 5.41 Å². The Balaban J connectivity index is 4.28. The number of carbonyl (C=O) groups excluding carboxylic acids is 1. The van der Waals surface area contributed by atoms with E-state index in [9.17, 15) is 13.2 Å². The number of hydrogen-bond acceptors (Lipinski definition) is 3. The molecule has 1 atom stereocenters. The van der Waals surface area contributed by atoms with Gasteiger partial charge in [0.25, 0.3) is 0 Å². The largest absolute Gasteiger partial charge is 0.354 e. The molecule has 0 aromatic carbocycles. The molecule has 0 aromatic rings. The van der Waals surface area contributed by atoms with Gasteiger partial charge in [0.2, 0.25) is 5.91 Å². The standard InChI is InChI=1S/C10H20BrNO3S/c1-8(16(4,14)15)9(13)12-7-10(2,3)5-6-11/h8H,5-7H2,1-4H3,(H,12,13). The summed E-state index contributed by atoms with van der Waals surface area (Å²) in [6, 6.07) is 0. The lowest BCUT2D eigenvalue weighted by molar-refractivity contribution is -0.120. The zero-order chi connectivity index (χ0) is 13.0. The quantitative estimate of drug-likeness (QED) is 0.753. The van der Waals surface area contributed by atoms with Gasteiger partial charge in [0, 0.05) is 18.1 Å². The molecular weight excluding hydrogens is 294 g/mol. The second-order valence-corrected chi connectivity index (χ2v) is 7.95. The summed E-state index contributed by atoms with van der Waals surface area (Å²) in [5, 5.41) is 2.55. The van der Waals surface area contributed by atoms with Crippen molar-refractivity contribution < 1.29 is 13.2 Å². The van der Waals surface area contributed by atoms with Crippen molar-refractivity contribution in [2.75, 3.05) is 18.1 Å². The lowest BCUT2D eigenvalue weighted by atomic mass is 9.90. The number of halogens is 1. The van der Waals surface area contributed by atoms with Crippen molar-refractivity contribution in [1.29, 1.82) is 0 Å². The molecule has 1 unspecified atom stereocenters. The predicted molar refractivity (Wildman–Crippen MR) is 69.5 cm³/mol. The Labute approximate surface area is 106 Å². The van der Waals surface area contributed by atoms with Gasteiger partial charge in [-0.05, 0) is 18.8 Å². The maximum Gasteiger partial charge on any atom is 0.238 e. The van der Waals surface area contributed by atoms with Crippen LogP contribution < -0.4 is 5.32 Å². The van der Waals surface area contributed by atoms with Crippen LogP contribution in [0.15, 0.2) is 0 Å². The van der Waals surface area contributed by atoms with Gasteiger partial charge >= 0.3 is 0 Å². The summed E-state index contributed by atoms with van der Waals surface area (Å²) in [4.78, 5) is 11.5. The monoisotopic (exact) mass is 313 g/mol. The molecule has 0 aliphatic rings. The van der Waals surface area contributed by atoms with E-state index in [2.05, 4.69) is 21.2 Å². The maximum atomic E-state index is 11.5. The van der Waals surface area contributed by atoms with E-state index in [0.717, 1.165) is 18.0 Å². The van der Waals surface area contributed by atoms with Gasteiger partial charge in [0.05, 0.1) is 0 Å². The fraction of sp³-hybridized carbons (Fsp3) is 0.900. The molecule has 16 heavy (non-hydrogen) atoms. The molecule has 4 nitrogen and oxygen atoms in total. The fourth-order valence-corrected chi connectivity index (χ4v) is 2.55. The molecule has 0 aliphatic carbocycles. The first-order valence-electron chi connectivity index (χ1n) is 5.13. The lowest BCUT2D eigenvalue weighted by Crippen LogP contribution is -2.41. The second kappa shape index (κ2) is 6.00. The Morgan fingerprint density at radius 3 is 2.31 bits per heavy atom. The van der Waals surface area contributed by atoms with Crippen LogP contribution in [0.2, 0.25) is 0 Å². The average Bonchev–Trinajstić information content (AvgIpc) is 2.11. The van der Waals surface area contributed by atoms with E-state index < -0.39 is 21.0 Å². The third-order valence-electron chi connectivity index (χ3n) is 2.52. The molecule has 0 aromatic heterocycles. The fourth-order valence-electron chi connectivity index (χ4n) is 1.01. The molecular formula is C10H20BrNO3S. The minimum absolute atomic E-state index is 0.0314. The molecule has 1 N–H and O–H groups in total. The van der Waals surface area contributed by atoms with Crippen molar-refractivity contribution in [2.45, 2.75) is 32.4 Å². The van der Waals surface area contributed by atoms with Crippen LogP contribution in [0.4, 0.5) is 0 Å². The van der Waals surface area contributed by atoms with Crippen LogP contribution >= 0.6 is 15.9 Å². The summed E-state index contributed by atoms with van der Waals surface area (Å²) in [7, 11) is -3.30. The summed E-state index contributed by atoms with van der Waals surface area (Å²) < 4.78 is 22.3. The summed E-state index contributed by atoms with van der Waals surface area (Å²) in [5.74, 6) is -0.426. The smallest absolute Gasteiger partial charge is 0.238 e. The number of nitrogens with one attached hydrogen (secondary N) is 1. The number of rotatable bonds is 6. The Bertz CT molecular complexity index is 338. The Morgan fingerprint density at radius 1 is 1.44 bits per heavy atom. The first-order valence-corrected chi connectivity index (χ1v) is 8.20. The minimum atomic E-state index is -3.30. The zero-order valence-electron chi connectivity index (χ0n) is 10.2. The first kappa shape index (κ1) is 15.9. The molecule has 96 valence electrons. The number of carbonyl (C=O) groups is 1. The van der Waals surface area contributed by atoms with E-state index in [4.69, 9.17) is 0 Å². The highest BCUT2D eigenvalue weighted by Crippen LogP contribution is 2.20. The molecule has 0 radical (unpaired) electrons. The van der Waals surface area contributed by atoms with E-state index >= 15 is 0 Å². The summed E-state index contributed by atoms with van der Waals surface area (Å²) >= 11 is 3.34. The topological polar surface area (TPSA) is 63.2 Å². The van der Waals surface area contributed by atoms with E-state index in [1.165, 1.54) is 6.92 Å². The Morgan fingerprint density at radius 2 is 1.94 bits per heavy atom. The first-order chi connectivity index (χ1) is 7.10. The van der Waals surface area contributed by atoms with Crippen LogP contribution in [0.1, 0.15) is 27.2 Å². The Kier molecular flexibility index (Phi) is 5.96. The van der Waals surface area contributed by atoms with E-state index in [0.29, 0.717) is 6.54 Å². The minimum Gasteiger partial charge on any atom is -0.354 e. The normalized spacial score (nSPS) is 14.6. The van der Waals surface area contributed by atoms with Crippen molar-refractivity contribution in [2.24, 2.45) is 5.41 Å². The average molecular weight is 314 g/mol. The van der Waals surface area contributed by atoms with Crippen molar-refractivity contribution in [3.05, 3.63) is 0 Å². The molecule has 0 bridgehead atoms. The number of alkyl halides is 1. The van der Waals surface area contributed by atoms with Crippen molar-refractivity contribution in [3.8, 4) is 0 Å². The summed E-state index contributed by atoms with van der Waals surface area (Å²) in [6.07, 6.45) is 1.99. The van der Waals surface area contributed by atoms with Crippen molar-refractivity contribution in [3.63, 3.8) is 0 Å². The highest BCUT2D eigenvalue weighted by molar-refractivity contribution is 9.09. The third kappa shape index (κ3) is 5.84. The van der Waals surface area contributed by atoms with Gasteiger partial charge in [0.15, 0.2) is 9.84 Å². The highest BCUT2D eigenvalue weighted by Gasteiger charge is 2.25. The summed E-state index contributed by atoms with van der Waals surface area (Å²) in [6.45, 7) is 5.94. The summed E-state index contributed by atoms with van der Waals surface area (Å²) in [5.41, 5.74) is -0.0314. The van der Waals surface area contributed by atoms with Crippen LogP contribution in [-0.2, 0) is 14.6 Å². The van der Waals surface area contributed by atoms with Crippen LogP contribution in [0, 0.1) is 5.41 Å². The van der Waals surface area contributed by atoms with Gasteiger partial charge in [-0.2, -0.15) is 0 Å². The number of hydrogen-bond donors (Lipinski definition) is 1. The van der Waals surface area contributed by atoms with Gasteiger partial charge in [-0.25, -0.2) is 8.42 Å². The molecule has 0 saturated heterocycles. The molecule has 6 heteroatoms. The van der Waals surface area contributed by atoms with Gasteiger partial charge in [-0.1, -0.05) is 29.8 Å². The molecule has 1 amide bonds. The molecule has 0 spiro atoms. The molecule has 0 heterocycles. The van der Waals surface area contributed by atoms with Crippen molar-refractivity contribution >= 4 is 31.7 Å². The molecule has 0 fully saturated rings. The van der Waals surface area contributed by atoms with Crippen LogP contribution in [0.5, 0.6) is 0 Å². The van der Waals surface area contributed by atoms with Crippen LogP contribution in [-0.4, -0.2) is 37.7 Å². The molecule has 0 saturated carbocycles. The van der Waals surface area contributed by atoms with Gasteiger partial charge in [-0.3, -0.25) is 4.79 Å². The molecule has 0 aliphatic heterocycles. The van der Waals surface area contributed by atoms with E-state index in [1.54, 1.807) is 0 Å². The lowest BCUT2D eigenvalue weighted by Gasteiger charge is -2.24. The number of sulfone groups is 1. The zero-order valence-corrected chi connectivity index (χ0v) is 12.6. The predicted octanol–water partition coefficient (Wildman–Crippen LogP) is 1.35. The van der Waals surface area contributed by atoms with E-state index in [1.807, 2.05) is 13.8 Å².